The lowest BCUT2D eigenvalue weighted by molar-refractivity contribution is -0.130. The van der Waals surface area contributed by atoms with Crippen LogP contribution in [0.2, 0.25) is 0 Å². The van der Waals surface area contributed by atoms with Gasteiger partial charge in [-0.3, -0.25) is 14.1 Å². The lowest BCUT2D eigenvalue weighted by atomic mass is 10.1. The van der Waals surface area contributed by atoms with E-state index in [1.54, 1.807) is 11.3 Å². The Morgan fingerprint density at radius 3 is 2.73 bits per heavy atom. The van der Waals surface area contributed by atoms with Crippen LogP contribution in [-0.4, -0.2) is 62.2 Å². The molecule has 1 amide bonds. The van der Waals surface area contributed by atoms with Crippen molar-refractivity contribution in [2.75, 3.05) is 31.9 Å². The average molecular weight is 438 g/mol. The largest absolute Gasteiger partial charge is 0.339 e. The molecule has 0 aliphatic carbocycles. The molecular weight excluding hydrogens is 414 g/mol. The number of carbonyl (C=O) groups is 1. The van der Waals surface area contributed by atoms with E-state index in [1.165, 1.54) is 27.6 Å². The maximum Gasteiger partial charge on any atom is 0.233 e. The Labute approximate surface area is 183 Å². The molecule has 0 radical (unpaired) electrons. The topological polar surface area (TPSA) is 53.7 Å². The quantitative estimate of drug-likeness (QED) is 0.446. The standard InChI is InChI=1S/C22H23N5OS2/c1-16-5-4-6-17(13-16)14-25-9-11-26(12-10-25)20(28)15-29-21-23-24-22-27(21)18-7-2-3-8-19(18)30-22/h2-8,13H,9-12,14-15H2,1H3. The molecule has 1 fully saturated rings. The van der Waals surface area contributed by atoms with Crippen LogP contribution < -0.4 is 0 Å². The van der Waals surface area contributed by atoms with Crippen molar-refractivity contribution in [1.82, 2.24) is 24.4 Å². The van der Waals surface area contributed by atoms with Crippen LogP contribution in [-0.2, 0) is 11.3 Å². The molecule has 0 N–H and O–H groups in total. The molecule has 8 heteroatoms. The summed E-state index contributed by atoms with van der Waals surface area (Å²) in [5.74, 6) is 0.564. The molecule has 30 heavy (non-hydrogen) atoms. The molecule has 2 aromatic heterocycles. The van der Waals surface area contributed by atoms with Gasteiger partial charge in [0.2, 0.25) is 10.9 Å². The van der Waals surface area contributed by atoms with Crippen LogP contribution in [0.4, 0.5) is 0 Å². The smallest absolute Gasteiger partial charge is 0.233 e. The summed E-state index contributed by atoms with van der Waals surface area (Å²) in [6.45, 7) is 6.45. The molecule has 2 aromatic carbocycles. The van der Waals surface area contributed by atoms with Crippen LogP contribution in [0.25, 0.3) is 15.2 Å². The van der Waals surface area contributed by atoms with Gasteiger partial charge in [0.05, 0.1) is 16.0 Å². The molecule has 154 valence electrons. The lowest BCUT2D eigenvalue weighted by Gasteiger charge is -2.34. The molecule has 6 nitrogen and oxygen atoms in total. The Morgan fingerprint density at radius 2 is 1.90 bits per heavy atom. The van der Waals surface area contributed by atoms with Gasteiger partial charge in [0.15, 0.2) is 5.16 Å². The van der Waals surface area contributed by atoms with Crippen molar-refractivity contribution in [2.24, 2.45) is 0 Å². The van der Waals surface area contributed by atoms with Crippen LogP contribution in [0.15, 0.2) is 53.7 Å². The lowest BCUT2D eigenvalue weighted by Crippen LogP contribution is -2.48. The monoisotopic (exact) mass is 437 g/mol. The Kier molecular flexibility index (Phi) is 5.45. The molecule has 0 unspecified atom stereocenters. The fraction of sp³-hybridized carbons (Fsp3) is 0.318. The Morgan fingerprint density at radius 1 is 1.07 bits per heavy atom. The molecule has 0 spiro atoms. The summed E-state index contributed by atoms with van der Waals surface area (Å²) < 4.78 is 3.23. The number of nitrogens with zero attached hydrogens (tertiary/aromatic N) is 5. The van der Waals surface area contributed by atoms with Crippen LogP contribution in [0.3, 0.4) is 0 Å². The van der Waals surface area contributed by atoms with Gasteiger partial charge in [-0.25, -0.2) is 0 Å². The number of para-hydroxylation sites is 1. The van der Waals surface area contributed by atoms with Crippen LogP contribution >= 0.6 is 23.1 Å². The molecule has 5 rings (SSSR count). The van der Waals surface area contributed by atoms with E-state index in [0.29, 0.717) is 5.75 Å². The number of thiazole rings is 1. The summed E-state index contributed by atoms with van der Waals surface area (Å²) in [5, 5.41) is 9.36. The van der Waals surface area contributed by atoms with Crippen molar-refractivity contribution in [3.8, 4) is 0 Å². The normalized spacial score (nSPS) is 15.3. The molecule has 1 aliphatic heterocycles. The first-order chi connectivity index (χ1) is 14.7. The number of thioether (sulfide) groups is 1. The Balaban J connectivity index is 1.18. The Bertz CT molecular complexity index is 1190. The molecule has 1 aliphatic rings. The van der Waals surface area contributed by atoms with Crippen molar-refractivity contribution >= 4 is 44.2 Å². The SMILES string of the molecule is Cc1cccc(CN2CCN(C(=O)CSc3nnc4sc5ccccc5n34)CC2)c1. The summed E-state index contributed by atoms with van der Waals surface area (Å²) in [5.41, 5.74) is 3.73. The first-order valence-corrected chi connectivity index (χ1v) is 11.9. The van der Waals surface area contributed by atoms with Crippen LogP contribution in [0.1, 0.15) is 11.1 Å². The van der Waals surface area contributed by atoms with Gasteiger partial charge in [0, 0.05) is 32.7 Å². The minimum Gasteiger partial charge on any atom is -0.339 e. The first kappa shape index (κ1) is 19.5. The molecule has 0 atom stereocenters. The number of carbonyl (C=O) groups excluding carboxylic acids is 1. The number of fused-ring (bicyclic) bond motifs is 3. The van der Waals surface area contributed by atoms with Crippen molar-refractivity contribution in [2.45, 2.75) is 18.6 Å². The summed E-state index contributed by atoms with van der Waals surface area (Å²) in [6.07, 6.45) is 0. The maximum atomic E-state index is 12.8. The predicted molar refractivity (Wildman–Crippen MR) is 122 cm³/mol. The van der Waals surface area contributed by atoms with Gasteiger partial charge in [-0.15, -0.1) is 10.2 Å². The molecule has 1 saturated heterocycles. The minimum absolute atomic E-state index is 0.173. The number of amides is 1. The summed E-state index contributed by atoms with van der Waals surface area (Å²) in [4.78, 5) is 18.0. The summed E-state index contributed by atoms with van der Waals surface area (Å²) >= 11 is 3.10. The van der Waals surface area contributed by atoms with Gasteiger partial charge in [0.25, 0.3) is 0 Å². The minimum atomic E-state index is 0.173. The number of hydrogen-bond donors (Lipinski definition) is 0. The predicted octanol–water partition coefficient (Wildman–Crippen LogP) is 3.69. The van der Waals surface area contributed by atoms with Gasteiger partial charge >= 0.3 is 0 Å². The van der Waals surface area contributed by atoms with Gasteiger partial charge < -0.3 is 4.90 Å². The van der Waals surface area contributed by atoms with Crippen molar-refractivity contribution in [3.63, 3.8) is 0 Å². The zero-order chi connectivity index (χ0) is 20.5. The van der Waals surface area contributed by atoms with E-state index in [4.69, 9.17) is 0 Å². The van der Waals surface area contributed by atoms with E-state index in [0.717, 1.165) is 48.4 Å². The third-order valence-electron chi connectivity index (χ3n) is 5.45. The van der Waals surface area contributed by atoms with E-state index >= 15 is 0 Å². The number of aryl methyl sites for hydroxylation is 1. The van der Waals surface area contributed by atoms with Crippen LogP contribution in [0, 0.1) is 6.92 Å². The highest BCUT2D eigenvalue weighted by Gasteiger charge is 2.22. The van der Waals surface area contributed by atoms with E-state index in [1.807, 2.05) is 17.0 Å². The summed E-state index contributed by atoms with van der Waals surface area (Å²) in [6, 6.07) is 16.9. The second kappa shape index (κ2) is 8.37. The number of rotatable bonds is 5. The van der Waals surface area contributed by atoms with Crippen molar-refractivity contribution in [1.29, 1.82) is 0 Å². The molecule has 0 saturated carbocycles. The second-order valence-electron chi connectivity index (χ2n) is 7.61. The zero-order valence-electron chi connectivity index (χ0n) is 16.8. The third-order valence-corrected chi connectivity index (χ3v) is 7.38. The van der Waals surface area contributed by atoms with Crippen LogP contribution in [0.5, 0.6) is 0 Å². The highest BCUT2D eigenvalue weighted by Crippen LogP contribution is 2.29. The molecule has 4 aromatic rings. The van der Waals surface area contributed by atoms with Gasteiger partial charge in [-0.05, 0) is 24.6 Å². The highest BCUT2D eigenvalue weighted by molar-refractivity contribution is 7.99. The van der Waals surface area contributed by atoms with E-state index in [9.17, 15) is 4.79 Å². The van der Waals surface area contributed by atoms with E-state index in [-0.39, 0.29) is 5.91 Å². The highest BCUT2D eigenvalue weighted by atomic mass is 32.2. The van der Waals surface area contributed by atoms with E-state index in [2.05, 4.69) is 62.8 Å². The van der Waals surface area contributed by atoms with Gasteiger partial charge in [-0.2, -0.15) is 0 Å². The van der Waals surface area contributed by atoms with E-state index < -0.39 is 0 Å². The zero-order valence-corrected chi connectivity index (χ0v) is 18.5. The van der Waals surface area contributed by atoms with Gasteiger partial charge in [-0.1, -0.05) is 65.1 Å². The van der Waals surface area contributed by atoms with Crippen molar-refractivity contribution in [3.05, 3.63) is 59.7 Å². The number of aromatic nitrogens is 3. The first-order valence-electron chi connectivity index (χ1n) is 10.1. The summed E-state index contributed by atoms with van der Waals surface area (Å²) in [7, 11) is 0. The second-order valence-corrected chi connectivity index (χ2v) is 9.56. The Hall–Kier alpha value is -2.42. The third kappa shape index (κ3) is 3.95. The average Bonchev–Trinajstić information content (AvgIpc) is 3.32. The van der Waals surface area contributed by atoms with Gasteiger partial charge in [0.1, 0.15) is 0 Å². The number of piperazine rings is 1. The maximum absolute atomic E-state index is 12.8. The number of hydrogen-bond acceptors (Lipinski definition) is 6. The molecular formula is C22H23N5OS2. The fourth-order valence-electron chi connectivity index (χ4n) is 3.89. The number of benzene rings is 2. The molecule has 0 bridgehead atoms. The fourth-order valence-corrected chi connectivity index (χ4v) is 5.76. The van der Waals surface area contributed by atoms with Crippen molar-refractivity contribution < 1.29 is 4.79 Å². The molecule has 3 heterocycles.